The van der Waals surface area contributed by atoms with E-state index < -0.39 is 12.4 Å². The number of hydrogen-bond donors (Lipinski definition) is 2. The first-order valence-corrected chi connectivity index (χ1v) is 7.65. The van der Waals surface area contributed by atoms with Crippen molar-refractivity contribution >= 4 is 5.91 Å². The minimum absolute atomic E-state index is 0.0552. The van der Waals surface area contributed by atoms with Crippen LogP contribution in [0.2, 0.25) is 0 Å². The van der Waals surface area contributed by atoms with Crippen LogP contribution in [-0.2, 0) is 4.79 Å². The summed E-state index contributed by atoms with van der Waals surface area (Å²) in [5, 5.41) is 2.80. The van der Waals surface area contributed by atoms with Crippen LogP contribution in [0.5, 0.6) is 5.75 Å². The van der Waals surface area contributed by atoms with Gasteiger partial charge in [0, 0.05) is 12.5 Å². The van der Waals surface area contributed by atoms with Gasteiger partial charge in [0.2, 0.25) is 5.91 Å². The van der Waals surface area contributed by atoms with E-state index in [9.17, 15) is 18.0 Å². The monoisotopic (exact) mass is 330 g/mol. The standard InChI is InChI=1S/C16H21F3N2O2/c1-10(21-15(22)9-12-5-3-7-14(12)20)11-4-2-6-13(8-11)23-16(17,18)19/h2,4,6,8,10,12,14H,3,5,7,9,20H2,1H3,(H,21,22)/t10?,12-,14+/m0/s1. The molecule has 0 aliphatic heterocycles. The van der Waals surface area contributed by atoms with Gasteiger partial charge in [0.05, 0.1) is 6.04 Å². The van der Waals surface area contributed by atoms with Crippen LogP contribution in [0.15, 0.2) is 24.3 Å². The largest absolute Gasteiger partial charge is 0.573 e. The zero-order valence-corrected chi connectivity index (χ0v) is 12.9. The van der Waals surface area contributed by atoms with Crippen molar-refractivity contribution in [1.82, 2.24) is 5.32 Å². The Bertz CT molecular complexity index is 548. The van der Waals surface area contributed by atoms with E-state index in [1.165, 1.54) is 18.2 Å². The normalized spacial score (nSPS) is 22.7. The fraction of sp³-hybridized carbons (Fsp3) is 0.562. The Labute approximate surface area is 133 Å². The van der Waals surface area contributed by atoms with Crippen molar-refractivity contribution in [2.24, 2.45) is 11.7 Å². The highest BCUT2D eigenvalue weighted by atomic mass is 19.4. The average molecular weight is 330 g/mol. The molecule has 1 aromatic carbocycles. The van der Waals surface area contributed by atoms with E-state index in [4.69, 9.17) is 5.73 Å². The van der Waals surface area contributed by atoms with Crippen LogP contribution in [0, 0.1) is 5.92 Å². The molecule has 0 aromatic heterocycles. The fourth-order valence-corrected chi connectivity index (χ4v) is 2.92. The number of hydrogen-bond acceptors (Lipinski definition) is 3. The third-order valence-electron chi connectivity index (χ3n) is 4.13. The summed E-state index contributed by atoms with van der Waals surface area (Å²) >= 11 is 0. The van der Waals surface area contributed by atoms with E-state index in [-0.39, 0.29) is 23.6 Å². The van der Waals surface area contributed by atoms with Gasteiger partial charge in [-0.05, 0) is 43.4 Å². The van der Waals surface area contributed by atoms with Crippen molar-refractivity contribution in [3.63, 3.8) is 0 Å². The van der Waals surface area contributed by atoms with Gasteiger partial charge in [0.1, 0.15) is 5.75 Å². The molecular formula is C16H21F3N2O2. The molecule has 0 heterocycles. The first-order valence-electron chi connectivity index (χ1n) is 7.65. The van der Waals surface area contributed by atoms with Crippen LogP contribution in [0.25, 0.3) is 0 Å². The van der Waals surface area contributed by atoms with Crippen molar-refractivity contribution in [3.05, 3.63) is 29.8 Å². The predicted molar refractivity (Wildman–Crippen MR) is 79.6 cm³/mol. The summed E-state index contributed by atoms with van der Waals surface area (Å²) in [6.45, 7) is 1.72. The first-order chi connectivity index (χ1) is 10.7. The van der Waals surface area contributed by atoms with Gasteiger partial charge in [-0.2, -0.15) is 0 Å². The van der Waals surface area contributed by atoms with Crippen molar-refractivity contribution in [2.45, 2.75) is 51.1 Å². The molecule has 1 aromatic rings. The molecule has 0 radical (unpaired) electrons. The minimum atomic E-state index is -4.73. The molecule has 1 aliphatic carbocycles. The van der Waals surface area contributed by atoms with E-state index in [0.717, 1.165) is 19.3 Å². The molecule has 23 heavy (non-hydrogen) atoms. The maximum absolute atomic E-state index is 12.2. The third-order valence-corrected chi connectivity index (χ3v) is 4.13. The predicted octanol–water partition coefficient (Wildman–Crippen LogP) is 3.28. The van der Waals surface area contributed by atoms with Crippen LogP contribution < -0.4 is 15.8 Å². The quantitative estimate of drug-likeness (QED) is 0.871. The van der Waals surface area contributed by atoms with Crippen molar-refractivity contribution < 1.29 is 22.7 Å². The maximum Gasteiger partial charge on any atom is 0.573 e. The van der Waals surface area contributed by atoms with Gasteiger partial charge in [-0.15, -0.1) is 13.2 Å². The number of alkyl halides is 3. The van der Waals surface area contributed by atoms with Crippen LogP contribution in [0.4, 0.5) is 13.2 Å². The highest BCUT2D eigenvalue weighted by Gasteiger charge is 2.31. The summed E-state index contributed by atoms with van der Waals surface area (Å²) in [4.78, 5) is 12.1. The van der Waals surface area contributed by atoms with Crippen LogP contribution in [-0.4, -0.2) is 18.3 Å². The highest BCUT2D eigenvalue weighted by molar-refractivity contribution is 5.76. The van der Waals surface area contributed by atoms with Gasteiger partial charge in [-0.3, -0.25) is 4.79 Å². The lowest BCUT2D eigenvalue weighted by Gasteiger charge is -2.19. The molecule has 1 amide bonds. The lowest BCUT2D eigenvalue weighted by molar-refractivity contribution is -0.274. The molecule has 7 heteroatoms. The number of benzene rings is 1. The molecule has 1 fully saturated rings. The van der Waals surface area contributed by atoms with Gasteiger partial charge in [0.15, 0.2) is 0 Å². The number of carbonyl (C=O) groups is 1. The van der Waals surface area contributed by atoms with Crippen molar-refractivity contribution in [2.75, 3.05) is 0 Å². The highest BCUT2D eigenvalue weighted by Crippen LogP contribution is 2.28. The molecule has 0 bridgehead atoms. The Morgan fingerprint density at radius 3 is 2.78 bits per heavy atom. The lowest BCUT2D eigenvalue weighted by atomic mass is 9.99. The summed E-state index contributed by atoms with van der Waals surface area (Å²) < 4.78 is 40.6. The molecule has 0 spiro atoms. The zero-order valence-electron chi connectivity index (χ0n) is 12.9. The Morgan fingerprint density at radius 2 is 2.17 bits per heavy atom. The van der Waals surface area contributed by atoms with E-state index in [1.54, 1.807) is 13.0 Å². The maximum atomic E-state index is 12.2. The Morgan fingerprint density at radius 1 is 1.43 bits per heavy atom. The van der Waals surface area contributed by atoms with Crippen LogP contribution >= 0.6 is 0 Å². The third kappa shape index (κ3) is 5.42. The SMILES string of the molecule is CC(NC(=O)C[C@@H]1CCC[C@H]1N)c1cccc(OC(F)(F)F)c1. The minimum Gasteiger partial charge on any atom is -0.406 e. The smallest absolute Gasteiger partial charge is 0.406 e. The number of nitrogens with one attached hydrogen (secondary N) is 1. The summed E-state index contributed by atoms with van der Waals surface area (Å²) in [5.41, 5.74) is 6.50. The molecule has 0 saturated heterocycles. The summed E-state index contributed by atoms with van der Waals surface area (Å²) in [7, 11) is 0. The molecule has 1 unspecified atom stereocenters. The van der Waals surface area contributed by atoms with E-state index in [0.29, 0.717) is 12.0 Å². The number of nitrogens with two attached hydrogens (primary N) is 1. The second kappa shape index (κ2) is 7.21. The molecule has 1 aliphatic rings. The van der Waals surface area contributed by atoms with Gasteiger partial charge >= 0.3 is 6.36 Å². The number of amides is 1. The second-order valence-corrected chi connectivity index (χ2v) is 5.97. The molecule has 4 nitrogen and oxygen atoms in total. The zero-order chi connectivity index (χ0) is 17.0. The van der Waals surface area contributed by atoms with Crippen LogP contribution in [0.3, 0.4) is 0 Å². The topological polar surface area (TPSA) is 64.4 Å². The number of ether oxygens (including phenoxy) is 1. The number of halogens is 3. The molecule has 2 rings (SSSR count). The van der Waals surface area contributed by atoms with Crippen molar-refractivity contribution in [1.29, 1.82) is 0 Å². The summed E-state index contributed by atoms with van der Waals surface area (Å²) in [5.74, 6) is -0.252. The summed E-state index contributed by atoms with van der Waals surface area (Å²) in [6, 6.07) is 5.26. The molecule has 128 valence electrons. The second-order valence-electron chi connectivity index (χ2n) is 5.97. The number of carbonyl (C=O) groups excluding carboxylic acids is 1. The fourth-order valence-electron chi connectivity index (χ4n) is 2.92. The number of rotatable bonds is 5. The molecular weight excluding hydrogens is 309 g/mol. The Balaban J connectivity index is 1.93. The first kappa shape index (κ1) is 17.6. The summed E-state index contributed by atoms with van der Waals surface area (Å²) in [6.07, 6.45) is -1.47. The van der Waals surface area contributed by atoms with E-state index >= 15 is 0 Å². The van der Waals surface area contributed by atoms with E-state index in [2.05, 4.69) is 10.1 Å². The van der Waals surface area contributed by atoms with E-state index in [1.807, 2.05) is 0 Å². The van der Waals surface area contributed by atoms with Gasteiger partial charge < -0.3 is 15.8 Å². The lowest BCUT2D eigenvalue weighted by Crippen LogP contribution is -2.32. The van der Waals surface area contributed by atoms with Gasteiger partial charge in [-0.25, -0.2) is 0 Å². The van der Waals surface area contributed by atoms with Gasteiger partial charge in [-0.1, -0.05) is 18.6 Å². The van der Waals surface area contributed by atoms with Gasteiger partial charge in [0.25, 0.3) is 0 Å². The Kier molecular flexibility index (Phi) is 5.51. The molecule has 3 atom stereocenters. The molecule has 3 N–H and O–H groups in total. The molecule has 1 saturated carbocycles. The van der Waals surface area contributed by atoms with Crippen LogP contribution in [0.1, 0.15) is 44.2 Å². The average Bonchev–Trinajstić information content (AvgIpc) is 2.82. The van der Waals surface area contributed by atoms with Crippen molar-refractivity contribution in [3.8, 4) is 5.75 Å². The Hall–Kier alpha value is -1.76.